The van der Waals surface area contributed by atoms with E-state index in [-0.39, 0.29) is 17.5 Å². The number of aromatic nitrogens is 3. The molecule has 0 radical (unpaired) electrons. The lowest BCUT2D eigenvalue weighted by Gasteiger charge is -2.14. The van der Waals surface area contributed by atoms with Crippen molar-refractivity contribution in [3.63, 3.8) is 0 Å². The fraction of sp³-hybridized carbons (Fsp3) is 0.267. The van der Waals surface area contributed by atoms with Crippen molar-refractivity contribution in [1.29, 1.82) is 0 Å². The van der Waals surface area contributed by atoms with Crippen LogP contribution in [0.4, 0.5) is 0 Å². The number of ether oxygens (including phenoxy) is 1. The van der Waals surface area contributed by atoms with E-state index in [0.29, 0.717) is 6.61 Å². The van der Waals surface area contributed by atoms with Gasteiger partial charge in [-0.15, -0.1) is 0 Å². The molecule has 0 atom stereocenters. The van der Waals surface area contributed by atoms with Gasteiger partial charge in [-0.1, -0.05) is 87.8 Å². The van der Waals surface area contributed by atoms with Gasteiger partial charge < -0.3 is 4.74 Å². The maximum absolute atomic E-state index is 5.83. The van der Waals surface area contributed by atoms with Gasteiger partial charge >= 0.3 is 0 Å². The van der Waals surface area contributed by atoms with Crippen LogP contribution in [-0.2, 0) is 7.59 Å². The second-order valence-corrected chi connectivity index (χ2v) is 9.23. The molecule has 1 aromatic heterocycles. The van der Waals surface area contributed by atoms with E-state index < -0.39 is 7.59 Å². The lowest BCUT2D eigenvalue weighted by atomic mass is 10.2. The number of nitrogens with zero attached hydrogens (tertiary/aromatic N) is 3. The summed E-state index contributed by atoms with van der Waals surface area (Å²) < 4.78 is 1.63. The normalized spacial score (nSPS) is 12.6. The average Bonchev–Trinajstić information content (AvgIpc) is 2.52. The summed E-state index contributed by atoms with van der Waals surface area (Å²) in [5.41, 5.74) is 0.884. The summed E-state index contributed by atoms with van der Waals surface area (Å²) in [5.74, 6) is 0.684. The molecule has 1 aromatic carbocycles. The van der Waals surface area contributed by atoms with Crippen LogP contribution >= 0.6 is 69.6 Å². The summed E-state index contributed by atoms with van der Waals surface area (Å²) >= 11 is 35.0. The first-order chi connectivity index (χ1) is 11.6. The predicted molar refractivity (Wildman–Crippen MR) is 105 cm³/mol. The van der Waals surface area contributed by atoms with Gasteiger partial charge in [-0.2, -0.15) is 0 Å². The Morgan fingerprint density at radius 2 is 1.36 bits per heavy atom. The van der Waals surface area contributed by atoms with Crippen molar-refractivity contribution in [1.82, 2.24) is 15.0 Å². The average molecular weight is 462 g/mol. The maximum Gasteiger partial charge on any atom is 0.250 e. The van der Waals surface area contributed by atoms with Crippen LogP contribution in [0.15, 0.2) is 24.3 Å². The molecule has 0 aliphatic carbocycles. The Bertz CT molecular complexity index is 721. The summed E-state index contributed by atoms with van der Waals surface area (Å²) in [6.07, 6.45) is 3.35. The highest BCUT2D eigenvalue weighted by Gasteiger charge is 2.33. The summed E-state index contributed by atoms with van der Waals surface area (Å²) in [4.78, 5) is 12.0. The zero-order valence-electron chi connectivity index (χ0n) is 12.7. The van der Waals surface area contributed by atoms with E-state index in [1.807, 2.05) is 31.2 Å². The SMILES string of the molecule is CCOc1ccc(C=Cc2nc(C(Cl)(Cl)Cl)nc(C(Cl)(Cl)Cl)n2)cc1. The number of benzene rings is 1. The molecule has 0 aliphatic heterocycles. The van der Waals surface area contributed by atoms with Gasteiger partial charge in [-0.05, 0) is 30.7 Å². The Hall–Kier alpha value is -0.490. The molecule has 0 saturated heterocycles. The van der Waals surface area contributed by atoms with Crippen LogP contribution in [0.2, 0.25) is 0 Å². The Balaban J connectivity index is 2.34. The second kappa shape index (κ2) is 8.47. The molecule has 2 aromatic rings. The van der Waals surface area contributed by atoms with Gasteiger partial charge in [0.15, 0.2) is 17.5 Å². The third kappa shape index (κ3) is 6.31. The molecule has 0 fully saturated rings. The van der Waals surface area contributed by atoms with Crippen molar-refractivity contribution in [2.75, 3.05) is 6.61 Å². The number of rotatable bonds is 4. The van der Waals surface area contributed by atoms with E-state index in [4.69, 9.17) is 74.3 Å². The number of alkyl halides is 6. The first-order valence-electron chi connectivity index (χ1n) is 6.91. The topological polar surface area (TPSA) is 47.9 Å². The van der Waals surface area contributed by atoms with Gasteiger partial charge in [-0.3, -0.25) is 0 Å². The largest absolute Gasteiger partial charge is 0.494 e. The highest BCUT2D eigenvalue weighted by Crippen LogP contribution is 2.39. The van der Waals surface area contributed by atoms with Crippen molar-refractivity contribution in [3.05, 3.63) is 47.3 Å². The fourth-order valence-electron chi connectivity index (χ4n) is 1.73. The minimum atomic E-state index is -1.88. The van der Waals surface area contributed by atoms with Gasteiger partial charge in [0.1, 0.15) is 5.75 Å². The number of halogens is 6. The van der Waals surface area contributed by atoms with Crippen LogP contribution in [0.1, 0.15) is 30.0 Å². The van der Waals surface area contributed by atoms with Crippen molar-refractivity contribution in [3.8, 4) is 5.75 Å². The highest BCUT2D eigenvalue weighted by molar-refractivity contribution is 6.67. The van der Waals surface area contributed by atoms with Crippen LogP contribution < -0.4 is 4.74 Å². The summed E-state index contributed by atoms with van der Waals surface area (Å²) in [6, 6.07) is 7.43. The van der Waals surface area contributed by atoms with Crippen LogP contribution in [-0.4, -0.2) is 21.6 Å². The smallest absolute Gasteiger partial charge is 0.250 e. The third-order valence-corrected chi connectivity index (χ3v) is 3.79. The van der Waals surface area contributed by atoms with Crippen LogP contribution in [0.25, 0.3) is 12.2 Å². The minimum Gasteiger partial charge on any atom is -0.494 e. The summed E-state index contributed by atoms with van der Waals surface area (Å²) in [7, 11) is 0. The van der Waals surface area contributed by atoms with E-state index in [1.54, 1.807) is 12.2 Å². The summed E-state index contributed by atoms with van der Waals surface area (Å²) in [6.45, 7) is 2.51. The Morgan fingerprint density at radius 3 is 1.80 bits per heavy atom. The monoisotopic (exact) mass is 459 g/mol. The molecule has 0 unspecified atom stereocenters. The van der Waals surface area contributed by atoms with Gasteiger partial charge in [-0.25, -0.2) is 15.0 Å². The standard InChI is InChI=1S/C15H11Cl6N3O/c1-2-25-10-6-3-9(4-7-10)5-8-11-22-12(14(16,17)18)24-13(23-11)15(19,20)21/h3-8H,2H2,1H3. The number of hydrogen-bond acceptors (Lipinski definition) is 4. The molecule has 0 aliphatic rings. The molecule has 25 heavy (non-hydrogen) atoms. The minimum absolute atomic E-state index is 0.139. The Morgan fingerprint density at radius 1 is 0.840 bits per heavy atom. The van der Waals surface area contributed by atoms with E-state index in [0.717, 1.165) is 11.3 Å². The molecule has 4 nitrogen and oxygen atoms in total. The number of hydrogen-bond donors (Lipinski definition) is 0. The van der Waals surface area contributed by atoms with Crippen molar-refractivity contribution in [2.45, 2.75) is 14.5 Å². The molecule has 0 amide bonds. The molecule has 0 bridgehead atoms. The van der Waals surface area contributed by atoms with Gasteiger partial charge in [0.2, 0.25) is 7.59 Å². The molecule has 0 spiro atoms. The third-order valence-electron chi connectivity index (χ3n) is 2.78. The fourth-order valence-corrected chi connectivity index (χ4v) is 2.24. The highest BCUT2D eigenvalue weighted by atomic mass is 35.6. The second-order valence-electron chi connectivity index (χ2n) is 4.67. The van der Waals surface area contributed by atoms with Gasteiger partial charge in [0.05, 0.1) is 6.61 Å². The Labute approximate surface area is 175 Å². The van der Waals surface area contributed by atoms with Gasteiger partial charge in [0, 0.05) is 0 Å². The van der Waals surface area contributed by atoms with Crippen molar-refractivity contribution < 1.29 is 4.74 Å². The molecule has 10 heteroatoms. The zero-order valence-corrected chi connectivity index (χ0v) is 17.2. The zero-order chi connectivity index (χ0) is 18.7. The molecule has 2 rings (SSSR count). The van der Waals surface area contributed by atoms with Crippen LogP contribution in [0, 0.1) is 0 Å². The van der Waals surface area contributed by atoms with Crippen LogP contribution in [0.5, 0.6) is 5.75 Å². The lowest BCUT2D eigenvalue weighted by molar-refractivity contribution is 0.340. The van der Waals surface area contributed by atoms with Crippen molar-refractivity contribution in [2.24, 2.45) is 0 Å². The first kappa shape index (κ1) is 20.8. The van der Waals surface area contributed by atoms with Crippen molar-refractivity contribution >= 4 is 81.8 Å². The molecule has 134 valence electrons. The predicted octanol–water partition coefficient (Wildman–Crippen LogP) is 6.09. The quantitative estimate of drug-likeness (QED) is 0.516. The van der Waals surface area contributed by atoms with E-state index in [2.05, 4.69) is 15.0 Å². The summed E-state index contributed by atoms with van der Waals surface area (Å²) in [5, 5.41) is 0. The molecule has 0 N–H and O–H groups in total. The van der Waals surface area contributed by atoms with Crippen LogP contribution in [0.3, 0.4) is 0 Å². The first-order valence-corrected chi connectivity index (χ1v) is 9.18. The molecule has 0 saturated carbocycles. The lowest BCUT2D eigenvalue weighted by Crippen LogP contribution is -2.16. The molecule has 1 heterocycles. The Kier molecular flexibility index (Phi) is 7.05. The van der Waals surface area contributed by atoms with E-state index in [1.165, 1.54) is 0 Å². The van der Waals surface area contributed by atoms with E-state index in [9.17, 15) is 0 Å². The molecular weight excluding hydrogens is 451 g/mol. The van der Waals surface area contributed by atoms with E-state index >= 15 is 0 Å². The maximum atomic E-state index is 5.83. The van der Waals surface area contributed by atoms with Gasteiger partial charge in [0.25, 0.3) is 0 Å². The molecular formula is C15H11Cl6N3O.